The molecule has 2 aromatic rings. The van der Waals surface area contributed by atoms with E-state index in [0.717, 1.165) is 15.5 Å². The molecule has 0 fully saturated rings. The molecule has 0 amide bonds. The Morgan fingerprint density at radius 3 is 2.55 bits per heavy atom. The second-order valence-corrected chi connectivity index (χ2v) is 6.58. The van der Waals surface area contributed by atoms with Gasteiger partial charge in [0.1, 0.15) is 5.75 Å². The van der Waals surface area contributed by atoms with Crippen LogP contribution in [0.5, 0.6) is 5.75 Å². The highest BCUT2D eigenvalue weighted by molar-refractivity contribution is 8.00. The van der Waals surface area contributed by atoms with Crippen LogP contribution in [0.1, 0.15) is 31.0 Å². The third kappa shape index (κ3) is 1.92. The topological polar surface area (TPSA) is 46.5 Å². The molecular weight excluding hydrogens is 270 g/mol. The number of benzene rings is 2. The molecule has 1 N–H and O–H groups in total. The minimum Gasteiger partial charge on any atom is -0.784 e. The number of nitrogens with zero attached hydrogens (tertiary/aromatic N) is 1. The number of hydrogen-bond donors (Lipinski definition) is 1. The maximum absolute atomic E-state index is 12.7. The van der Waals surface area contributed by atoms with Crippen molar-refractivity contribution in [1.29, 1.82) is 0 Å². The van der Waals surface area contributed by atoms with Crippen LogP contribution in [-0.2, 0) is 4.87 Å². The molecule has 0 bridgehead atoms. The van der Waals surface area contributed by atoms with Crippen molar-refractivity contribution in [3.8, 4) is 5.75 Å². The summed E-state index contributed by atoms with van der Waals surface area (Å²) in [6.07, 6.45) is 0. The molecule has 4 heteroatoms. The monoisotopic (exact) mass is 286 g/mol. The summed E-state index contributed by atoms with van der Waals surface area (Å²) in [5.74, 6) is 0.162. The van der Waals surface area contributed by atoms with Gasteiger partial charge < -0.3 is 15.4 Å². The predicted octanol–water partition coefficient (Wildman–Crippen LogP) is 4.23. The molecule has 0 saturated carbocycles. The number of phenolic OH excluding ortho intramolecular Hbond substituents is 1. The number of hydroxylamine groups is 2. The van der Waals surface area contributed by atoms with Gasteiger partial charge in [-0.1, -0.05) is 48.2 Å². The Morgan fingerprint density at radius 1 is 1.15 bits per heavy atom. The Hall–Kier alpha value is -1.49. The lowest BCUT2D eigenvalue weighted by Crippen LogP contribution is -2.41. The second kappa shape index (κ2) is 4.81. The van der Waals surface area contributed by atoms with E-state index in [1.54, 1.807) is 12.1 Å². The van der Waals surface area contributed by atoms with Crippen LogP contribution >= 0.6 is 11.8 Å². The van der Waals surface area contributed by atoms with Crippen molar-refractivity contribution in [2.45, 2.75) is 29.7 Å². The molecule has 1 heterocycles. The third-order valence-corrected chi connectivity index (χ3v) is 5.24. The number of phenols is 1. The molecular formula is C16H16NO2S-. The first-order valence-corrected chi connectivity index (χ1v) is 7.38. The molecule has 0 aromatic heterocycles. The zero-order valence-corrected chi connectivity index (χ0v) is 12.2. The van der Waals surface area contributed by atoms with Gasteiger partial charge in [0.25, 0.3) is 0 Å². The molecule has 0 radical (unpaired) electrons. The maximum Gasteiger partial charge on any atom is 0.121 e. The SMILES string of the molecule is CC1c2ccccc2SC(C)(c2ccccc2O)N1[O-]. The normalized spacial score (nSPS) is 26.2. The van der Waals surface area contributed by atoms with Gasteiger partial charge >= 0.3 is 0 Å². The predicted molar refractivity (Wildman–Crippen MR) is 81.4 cm³/mol. The highest BCUT2D eigenvalue weighted by Crippen LogP contribution is 2.54. The van der Waals surface area contributed by atoms with Gasteiger partial charge in [0, 0.05) is 16.5 Å². The lowest BCUT2D eigenvalue weighted by Gasteiger charge is -2.53. The fraction of sp³-hybridized carbons (Fsp3) is 0.250. The Bertz CT molecular complexity index is 646. The zero-order chi connectivity index (χ0) is 14.3. The largest absolute Gasteiger partial charge is 0.784 e. The summed E-state index contributed by atoms with van der Waals surface area (Å²) in [7, 11) is 0. The smallest absolute Gasteiger partial charge is 0.121 e. The standard InChI is InChI=1S/C16H16NO2S/c1-11-12-7-3-6-10-15(12)20-16(2,17(11)19)13-8-4-5-9-14(13)18/h3-11,18H,1-2H3/q-1. The van der Waals surface area contributed by atoms with Gasteiger partial charge in [-0.15, -0.1) is 0 Å². The van der Waals surface area contributed by atoms with E-state index in [1.165, 1.54) is 11.8 Å². The maximum atomic E-state index is 12.7. The average molecular weight is 286 g/mol. The average Bonchev–Trinajstić information content (AvgIpc) is 2.45. The molecule has 3 rings (SSSR count). The van der Waals surface area contributed by atoms with Crippen molar-refractivity contribution in [2.75, 3.05) is 0 Å². The molecule has 0 saturated heterocycles. The third-order valence-electron chi connectivity index (χ3n) is 3.85. The van der Waals surface area contributed by atoms with Crippen LogP contribution in [0.25, 0.3) is 0 Å². The van der Waals surface area contributed by atoms with Crippen molar-refractivity contribution >= 4 is 11.8 Å². The summed E-state index contributed by atoms with van der Waals surface area (Å²) < 4.78 is 0. The highest BCUT2D eigenvalue weighted by atomic mass is 32.2. The number of hydrogen-bond acceptors (Lipinski definition) is 4. The summed E-state index contributed by atoms with van der Waals surface area (Å²) in [6, 6.07) is 14.8. The summed E-state index contributed by atoms with van der Waals surface area (Å²) >= 11 is 1.49. The number of para-hydroxylation sites is 1. The second-order valence-electron chi connectivity index (χ2n) is 5.14. The van der Waals surface area contributed by atoms with Gasteiger partial charge in [0.05, 0.1) is 4.87 Å². The van der Waals surface area contributed by atoms with E-state index in [2.05, 4.69) is 0 Å². The van der Waals surface area contributed by atoms with E-state index in [9.17, 15) is 10.3 Å². The first-order valence-electron chi connectivity index (χ1n) is 6.57. The van der Waals surface area contributed by atoms with E-state index in [1.807, 2.05) is 50.2 Å². The Morgan fingerprint density at radius 2 is 1.80 bits per heavy atom. The van der Waals surface area contributed by atoms with Crippen LogP contribution in [0, 0.1) is 5.21 Å². The molecule has 20 heavy (non-hydrogen) atoms. The van der Waals surface area contributed by atoms with E-state index in [0.29, 0.717) is 5.56 Å². The van der Waals surface area contributed by atoms with Gasteiger partial charge in [-0.2, -0.15) is 0 Å². The van der Waals surface area contributed by atoms with Crippen LogP contribution in [0.3, 0.4) is 0 Å². The van der Waals surface area contributed by atoms with Crippen molar-refractivity contribution < 1.29 is 5.11 Å². The molecule has 2 unspecified atom stereocenters. The first-order chi connectivity index (χ1) is 9.54. The molecule has 1 aliphatic heterocycles. The Kier molecular flexibility index (Phi) is 3.24. The Labute approximate surface area is 122 Å². The van der Waals surface area contributed by atoms with Crippen LogP contribution in [0.4, 0.5) is 0 Å². The van der Waals surface area contributed by atoms with E-state index >= 15 is 0 Å². The number of rotatable bonds is 1. The lowest BCUT2D eigenvalue weighted by molar-refractivity contribution is 0.191. The molecule has 2 atom stereocenters. The van der Waals surface area contributed by atoms with Crippen LogP contribution in [0.2, 0.25) is 0 Å². The molecule has 104 valence electrons. The van der Waals surface area contributed by atoms with Gasteiger partial charge in [-0.05, 0) is 31.5 Å². The fourth-order valence-corrected chi connectivity index (χ4v) is 4.18. The van der Waals surface area contributed by atoms with Crippen LogP contribution < -0.4 is 0 Å². The molecule has 1 aliphatic rings. The Balaban J connectivity index is 2.14. The minimum atomic E-state index is -0.820. The molecule has 0 spiro atoms. The van der Waals surface area contributed by atoms with Gasteiger partial charge in [0.2, 0.25) is 0 Å². The van der Waals surface area contributed by atoms with Crippen LogP contribution in [-0.4, -0.2) is 10.2 Å². The number of thioether (sulfide) groups is 1. The molecule has 0 aliphatic carbocycles. The number of aromatic hydroxyl groups is 1. The highest BCUT2D eigenvalue weighted by Gasteiger charge is 2.39. The number of fused-ring (bicyclic) bond motifs is 1. The quantitative estimate of drug-likeness (QED) is 0.852. The molecule has 2 aromatic carbocycles. The lowest BCUT2D eigenvalue weighted by atomic mass is 10.0. The van der Waals surface area contributed by atoms with Gasteiger partial charge in [-0.25, -0.2) is 0 Å². The zero-order valence-electron chi connectivity index (χ0n) is 11.4. The van der Waals surface area contributed by atoms with Crippen molar-refractivity contribution in [2.24, 2.45) is 0 Å². The van der Waals surface area contributed by atoms with E-state index < -0.39 is 4.87 Å². The van der Waals surface area contributed by atoms with E-state index in [4.69, 9.17) is 0 Å². The van der Waals surface area contributed by atoms with Crippen molar-refractivity contribution in [3.05, 3.63) is 64.9 Å². The van der Waals surface area contributed by atoms with Crippen molar-refractivity contribution in [3.63, 3.8) is 0 Å². The minimum absolute atomic E-state index is 0.162. The van der Waals surface area contributed by atoms with Crippen molar-refractivity contribution in [1.82, 2.24) is 5.06 Å². The fourth-order valence-electron chi connectivity index (χ4n) is 2.71. The summed E-state index contributed by atoms with van der Waals surface area (Å²) in [5.41, 5.74) is 1.70. The summed E-state index contributed by atoms with van der Waals surface area (Å²) in [6.45, 7) is 3.77. The van der Waals surface area contributed by atoms with Gasteiger partial charge in [-0.3, -0.25) is 0 Å². The molecule has 3 nitrogen and oxygen atoms in total. The van der Waals surface area contributed by atoms with E-state index in [-0.39, 0.29) is 11.8 Å². The first kappa shape index (κ1) is 13.5. The van der Waals surface area contributed by atoms with Crippen LogP contribution in [0.15, 0.2) is 53.4 Å². The summed E-state index contributed by atoms with van der Waals surface area (Å²) in [5, 5.41) is 23.9. The summed E-state index contributed by atoms with van der Waals surface area (Å²) in [4.78, 5) is 0.275. The van der Waals surface area contributed by atoms with Gasteiger partial charge in [0.15, 0.2) is 0 Å².